The Labute approximate surface area is 172 Å². The minimum absolute atomic E-state index is 0.154. The van der Waals surface area contributed by atoms with Gasteiger partial charge in [0.15, 0.2) is 6.61 Å². The van der Waals surface area contributed by atoms with Crippen molar-refractivity contribution in [3.63, 3.8) is 0 Å². The average Bonchev–Trinajstić information content (AvgIpc) is 2.93. The van der Waals surface area contributed by atoms with E-state index in [-0.39, 0.29) is 18.4 Å². The lowest BCUT2D eigenvalue weighted by Crippen LogP contribution is -2.39. The zero-order valence-corrected chi connectivity index (χ0v) is 16.5. The van der Waals surface area contributed by atoms with Crippen LogP contribution in [0.2, 0.25) is 10.0 Å². The third-order valence-corrected chi connectivity index (χ3v) is 4.98. The molecule has 2 amide bonds. The summed E-state index contributed by atoms with van der Waals surface area (Å²) < 4.78 is 18.9. The first-order valence-electron chi connectivity index (χ1n) is 8.84. The van der Waals surface area contributed by atoms with Gasteiger partial charge in [-0.3, -0.25) is 9.59 Å². The van der Waals surface area contributed by atoms with E-state index in [1.54, 1.807) is 34.1 Å². The Morgan fingerprint density at radius 1 is 1.00 bits per heavy atom. The van der Waals surface area contributed by atoms with Crippen LogP contribution in [-0.2, 0) is 4.79 Å². The fourth-order valence-electron chi connectivity index (χ4n) is 3.00. The van der Waals surface area contributed by atoms with E-state index in [1.165, 1.54) is 18.2 Å². The summed E-state index contributed by atoms with van der Waals surface area (Å²) in [5.41, 5.74) is 0.306. The molecule has 0 atom stereocenters. The minimum atomic E-state index is -0.449. The van der Waals surface area contributed by atoms with Crippen molar-refractivity contribution >= 4 is 35.0 Å². The molecule has 5 nitrogen and oxygen atoms in total. The quantitative estimate of drug-likeness (QED) is 0.747. The van der Waals surface area contributed by atoms with Crippen molar-refractivity contribution in [3.05, 3.63) is 63.9 Å². The summed E-state index contributed by atoms with van der Waals surface area (Å²) in [7, 11) is 0. The second kappa shape index (κ2) is 9.26. The average molecular weight is 425 g/mol. The highest BCUT2D eigenvalue weighted by molar-refractivity contribution is 6.35. The Bertz CT molecular complexity index is 878. The van der Waals surface area contributed by atoms with Gasteiger partial charge in [0.25, 0.3) is 11.8 Å². The van der Waals surface area contributed by atoms with Crippen LogP contribution >= 0.6 is 23.2 Å². The first-order valence-corrected chi connectivity index (χ1v) is 9.60. The van der Waals surface area contributed by atoms with Crippen LogP contribution in [0.5, 0.6) is 5.75 Å². The third kappa shape index (κ3) is 5.14. The van der Waals surface area contributed by atoms with Crippen LogP contribution < -0.4 is 4.74 Å². The van der Waals surface area contributed by atoms with Gasteiger partial charge in [-0.2, -0.15) is 0 Å². The second-order valence-electron chi connectivity index (χ2n) is 6.40. The van der Waals surface area contributed by atoms with Gasteiger partial charge in [0, 0.05) is 36.8 Å². The van der Waals surface area contributed by atoms with Gasteiger partial charge in [-0.25, -0.2) is 4.39 Å². The SMILES string of the molecule is O=C(COc1ccc(Cl)cc1Cl)N1CCCN(C(=O)c2cccc(F)c2)CC1. The molecule has 0 bridgehead atoms. The van der Waals surface area contributed by atoms with Crippen molar-refractivity contribution in [2.24, 2.45) is 0 Å². The zero-order valence-electron chi connectivity index (χ0n) is 15.0. The standard InChI is InChI=1S/C20H19Cl2FN2O3/c21-15-5-6-18(17(22)12-15)28-13-19(26)24-7-2-8-25(10-9-24)20(27)14-3-1-4-16(23)11-14/h1,3-6,11-12H,2,7-10,13H2. The number of nitrogens with zero attached hydrogens (tertiary/aromatic N) is 2. The Kier molecular flexibility index (Phi) is 6.75. The number of hydrogen-bond acceptors (Lipinski definition) is 3. The number of carbonyl (C=O) groups excluding carboxylic acids is 2. The fourth-order valence-corrected chi connectivity index (χ4v) is 3.46. The first-order chi connectivity index (χ1) is 13.4. The van der Waals surface area contributed by atoms with E-state index < -0.39 is 5.82 Å². The summed E-state index contributed by atoms with van der Waals surface area (Å²) in [4.78, 5) is 28.3. The van der Waals surface area contributed by atoms with Gasteiger partial charge in [0.2, 0.25) is 0 Å². The molecule has 0 saturated carbocycles. The fraction of sp³-hybridized carbons (Fsp3) is 0.300. The lowest BCUT2D eigenvalue weighted by molar-refractivity contribution is -0.133. The highest BCUT2D eigenvalue weighted by atomic mass is 35.5. The first kappa shape index (κ1) is 20.4. The molecule has 2 aromatic carbocycles. The summed E-state index contributed by atoms with van der Waals surface area (Å²) in [6, 6.07) is 10.4. The molecule has 0 spiro atoms. The molecule has 1 saturated heterocycles. The van der Waals surface area contributed by atoms with E-state index in [0.717, 1.165) is 0 Å². The van der Waals surface area contributed by atoms with Crippen LogP contribution in [0, 0.1) is 5.82 Å². The molecule has 28 heavy (non-hydrogen) atoms. The van der Waals surface area contributed by atoms with Crippen molar-refractivity contribution in [1.82, 2.24) is 9.80 Å². The summed E-state index contributed by atoms with van der Waals surface area (Å²) in [6.07, 6.45) is 0.633. The van der Waals surface area contributed by atoms with E-state index in [4.69, 9.17) is 27.9 Å². The van der Waals surface area contributed by atoms with Crippen molar-refractivity contribution in [2.75, 3.05) is 32.8 Å². The summed E-state index contributed by atoms with van der Waals surface area (Å²) in [5, 5.41) is 0.822. The van der Waals surface area contributed by atoms with Crippen molar-refractivity contribution in [3.8, 4) is 5.75 Å². The van der Waals surface area contributed by atoms with Crippen molar-refractivity contribution in [2.45, 2.75) is 6.42 Å². The van der Waals surface area contributed by atoms with Crippen LogP contribution in [0.4, 0.5) is 4.39 Å². The predicted molar refractivity (Wildman–Crippen MR) is 105 cm³/mol. The highest BCUT2D eigenvalue weighted by Gasteiger charge is 2.23. The maximum Gasteiger partial charge on any atom is 0.260 e. The van der Waals surface area contributed by atoms with Gasteiger partial charge in [0.05, 0.1) is 5.02 Å². The molecule has 8 heteroatoms. The van der Waals surface area contributed by atoms with Gasteiger partial charge in [-0.1, -0.05) is 29.3 Å². The topological polar surface area (TPSA) is 49.9 Å². The molecule has 3 rings (SSSR count). The Balaban J connectivity index is 1.55. The third-order valence-electron chi connectivity index (χ3n) is 4.45. The molecule has 0 aromatic heterocycles. The Morgan fingerprint density at radius 2 is 1.75 bits per heavy atom. The van der Waals surface area contributed by atoms with E-state index in [2.05, 4.69) is 0 Å². The maximum atomic E-state index is 13.4. The number of carbonyl (C=O) groups is 2. The van der Waals surface area contributed by atoms with E-state index in [9.17, 15) is 14.0 Å². The maximum absolute atomic E-state index is 13.4. The van der Waals surface area contributed by atoms with Crippen LogP contribution in [0.15, 0.2) is 42.5 Å². The number of halogens is 3. The summed E-state index contributed by atoms with van der Waals surface area (Å²) in [5.74, 6) is -0.489. The van der Waals surface area contributed by atoms with Crippen LogP contribution in [-0.4, -0.2) is 54.4 Å². The normalized spacial score (nSPS) is 14.5. The molecule has 0 N–H and O–H groups in total. The van der Waals surface area contributed by atoms with E-state index in [0.29, 0.717) is 54.0 Å². The number of rotatable bonds is 4. The molecule has 0 unspecified atom stereocenters. The van der Waals surface area contributed by atoms with Gasteiger partial charge in [-0.05, 0) is 42.8 Å². The van der Waals surface area contributed by atoms with Crippen LogP contribution in [0.1, 0.15) is 16.8 Å². The van der Waals surface area contributed by atoms with Crippen LogP contribution in [0.25, 0.3) is 0 Å². The van der Waals surface area contributed by atoms with Crippen LogP contribution in [0.3, 0.4) is 0 Å². The molecule has 1 fully saturated rings. The molecular formula is C20H19Cl2FN2O3. The highest BCUT2D eigenvalue weighted by Crippen LogP contribution is 2.27. The molecule has 1 aliphatic heterocycles. The molecule has 1 heterocycles. The van der Waals surface area contributed by atoms with Gasteiger partial charge in [-0.15, -0.1) is 0 Å². The smallest absolute Gasteiger partial charge is 0.260 e. The minimum Gasteiger partial charge on any atom is -0.482 e. The largest absolute Gasteiger partial charge is 0.482 e. The van der Waals surface area contributed by atoms with Crippen molar-refractivity contribution in [1.29, 1.82) is 0 Å². The molecule has 148 valence electrons. The number of ether oxygens (including phenoxy) is 1. The van der Waals surface area contributed by atoms with Gasteiger partial charge < -0.3 is 14.5 Å². The number of benzene rings is 2. The predicted octanol–water partition coefficient (Wildman–Crippen LogP) is 3.89. The number of hydrogen-bond donors (Lipinski definition) is 0. The lowest BCUT2D eigenvalue weighted by Gasteiger charge is -2.22. The zero-order chi connectivity index (χ0) is 20.1. The molecule has 0 aliphatic carbocycles. The summed E-state index contributed by atoms with van der Waals surface area (Å²) in [6.45, 7) is 1.63. The van der Waals surface area contributed by atoms with E-state index in [1.807, 2.05) is 0 Å². The number of amides is 2. The molecule has 1 aliphatic rings. The van der Waals surface area contributed by atoms with Crippen molar-refractivity contribution < 1.29 is 18.7 Å². The van der Waals surface area contributed by atoms with E-state index >= 15 is 0 Å². The molecule has 0 radical (unpaired) electrons. The lowest BCUT2D eigenvalue weighted by atomic mass is 10.2. The summed E-state index contributed by atoms with van der Waals surface area (Å²) >= 11 is 11.9. The molecular weight excluding hydrogens is 406 g/mol. The Hall–Kier alpha value is -2.31. The van der Waals surface area contributed by atoms with Gasteiger partial charge in [0.1, 0.15) is 11.6 Å². The second-order valence-corrected chi connectivity index (χ2v) is 7.24. The Morgan fingerprint density at radius 3 is 2.50 bits per heavy atom. The monoisotopic (exact) mass is 424 g/mol. The van der Waals surface area contributed by atoms with Gasteiger partial charge >= 0.3 is 0 Å². The molecule has 2 aromatic rings.